The smallest absolute Gasteiger partial charge is 0.237 e. The Kier molecular flexibility index (Phi) is 6.49. The van der Waals surface area contributed by atoms with Crippen LogP contribution in [0, 0.1) is 5.92 Å². The van der Waals surface area contributed by atoms with Gasteiger partial charge in [0.1, 0.15) is 0 Å². The van der Waals surface area contributed by atoms with Crippen LogP contribution in [0.3, 0.4) is 0 Å². The average molecular weight is 295 g/mol. The van der Waals surface area contributed by atoms with E-state index in [1.165, 1.54) is 25.7 Å². The van der Waals surface area contributed by atoms with Crippen LogP contribution < -0.4 is 10.6 Å². The van der Waals surface area contributed by atoms with Crippen LogP contribution in [0.4, 0.5) is 0 Å². The summed E-state index contributed by atoms with van der Waals surface area (Å²) in [5.41, 5.74) is 0. The van der Waals surface area contributed by atoms with Gasteiger partial charge in [0, 0.05) is 18.6 Å². The lowest BCUT2D eigenvalue weighted by Gasteiger charge is -2.36. The van der Waals surface area contributed by atoms with E-state index in [0.717, 1.165) is 38.5 Å². The summed E-state index contributed by atoms with van der Waals surface area (Å²) in [7, 11) is 0. The number of amides is 1. The van der Waals surface area contributed by atoms with Crippen LogP contribution in [0.1, 0.15) is 59.3 Å². The number of rotatable bonds is 8. The molecule has 2 fully saturated rings. The van der Waals surface area contributed by atoms with Crippen molar-refractivity contribution in [2.24, 2.45) is 5.92 Å². The molecule has 0 radical (unpaired) electrons. The van der Waals surface area contributed by atoms with Gasteiger partial charge in [-0.1, -0.05) is 13.8 Å². The van der Waals surface area contributed by atoms with Gasteiger partial charge in [-0.05, 0) is 64.5 Å². The summed E-state index contributed by atoms with van der Waals surface area (Å²) in [6.45, 7) is 9.60. The predicted molar refractivity (Wildman–Crippen MR) is 87.3 cm³/mol. The highest BCUT2D eigenvalue weighted by atomic mass is 16.2. The number of carbonyl (C=O) groups excluding carboxylic acids is 1. The van der Waals surface area contributed by atoms with Crippen molar-refractivity contribution in [2.75, 3.05) is 19.6 Å². The van der Waals surface area contributed by atoms with Crippen molar-refractivity contribution >= 4 is 5.91 Å². The first-order valence-electron chi connectivity index (χ1n) is 8.91. The molecule has 2 aliphatic rings. The molecule has 0 bridgehead atoms. The van der Waals surface area contributed by atoms with Crippen LogP contribution in [0.25, 0.3) is 0 Å². The summed E-state index contributed by atoms with van der Waals surface area (Å²) in [6.07, 6.45) is 7.26. The molecule has 0 aromatic rings. The van der Waals surface area contributed by atoms with E-state index in [-0.39, 0.29) is 11.9 Å². The summed E-state index contributed by atoms with van der Waals surface area (Å²) in [4.78, 5) is 14.8. The van der Waals surface area contributed by atoms with Gasteiger partial charge < -0.3 is 10.6 Å². The van der Waals surface area contributed by atoms with Gasteiger partial charge in [0.05, 0.1) is 6.04 Å². The van der Waals surface area contributed by atoms with Gasteiger partial charge >= 0.3 is 0 Å². The van der Waals surface area contributed by atoms with Crippen LogP contribution in [0.5, 0.6) is 0 Å². The second kappa shape index (κ2) is 8.14. The first-order chi connectivity index (χ1) is 10.1. The molecular weight excluding hydrogens is 262 g/mol. The molecule has 0 spiro atoms. The Labute approximate surface area is 130 Å². The number of likely N-dealkylation sites (tertiary alicyclic amines) is 1. The van der Waals surface area contributed by atoms with Crippen molar-refractivity contribution in [3.05, 3.63) is 0 Å². The third-order valence-corrected chi connectivity index (χ3v) is 5.08. The summed E-state index contributed by atoms with van der Waals surface area (Å²) in [5, 5.41) is 6.83. The lowest BCUT2D eigenvalue weighted by Crippen LogP contribution is -2.52. The van der Waals surface area contributed by atoms with Gasteiger partial charge in [0.2, 0.25) is 5.91 Å². The monoisotopic (exact) mass is 295 g/mol. The van der Waals surface area contributed by atoms with Gasteiger partial charge in [0.15, 0.2) is 0 Å². The Balaban J connectivity index is 1.76. The molecule has 0 aromatic heterocycles. The third-order valence-electron chi connectivity index (χ3n) is 5.08. The van der Waals surface area contributed by atoms with Gasteiger partial charge in [-0.2, -0.15) is 0 Å². The van der Waals surface area contributed by atoms with E-state index >= 15 is 0 Å². The molecule has 1 amide bonds. The summed E-state index contributed by atoms with van der Waals surface area (Å²) >= 11 is 0. The zero-order valence-electron chi connectivity index (χ0n) is 14.0. The van der Waals surface area contributed by atoms with Gasteiger partial charge in [-0.15, -0.1) is 0 Å². The van der Waals surface area contributed by atoms with Crippen LogP contribution in [0.2, 0.25) is 0 Å². The standard InChI is InChI=1S/C17H33N3O/c1-4-15(5-2)19-17(21)13(3)20-10-6-7-14(12-20)11-18-16-8-9-16/h13-16,18H,4-12H2,1-3H3,(H,19,21). The first-order valence-corrected chi connectivity index (χ1v) is 8.91. The minimum atomic E-state index is 0.00863. The molecule has 2 unspecified atom stereocenters. The Bertz CT molecular complexity index is 326. The molecule has 2 N–H and O–H groups in total. The second-order valence-electron chi connectivity index (χ2n) is 6.88. The van der Waals surface area contributed by atoms with E-state index in [0.29, 0.717) is 12.0 Å². The first kappa shape index (κ1) is 16.8. The number of hydrogen-bond acceptors (Lipinski definition) is 3. The van der Waals surface area contributed by atoms with E-state index in [4.69, 9.17) is 0 Å². The van der Waals surface area contributed by atoms with E-state index in [1.807, 2.05) is 0 Å². The van der Waals surface area contributed by atoms with Gasteiger partial charge in [0.25, 0.3) is 0 Å². The third kappa shape index (κ3) is 5.26. The maximum atomic E-state index is 12.4. The minimum absolute atomic E-state index is 0.00863. The van der Waals surface area contributed by atoms with Crippen molar-refractivity contribution in [1.29, 1.82) is 0 Å². The molecule has 4 nitrogen and oxygen atoms in total. The average Bonchev–Trinajstić information content (AvgIpc) is 3.34. The number of nitrogens with one attached hydrogen (secondary N) is 2. The second-order valence-corrected chi connectivity index (χ2v) is 6.88. The van der Waals surface area contributed by atoms with Crippen LogP contribution in [0.15, 0.2) is 0 Å². The Morgan fingerprint density at radius 1 is 1.24 bits per heavy atom. The van der Waals surface area contributed by atoms with Gasteiger partial charge in [-0.25, -0.2) is 0 Å². The molecule has 1 aliphatic heterocycles. The molecule has 122 valence electrons. The highest BCUT2D eigenvalue weighted by Crippen LogP contribution is 2.22. The molecule has 2 atom stereocenters. The molecule has 0 aromatic carbocycles. The van der Waals surface area contributed by atoms with Crippen LogP contribution in [-0.2, 0) is 4.79 Å². The topological polar surface area (TPSA) is 44.4 Å². The van der Waals surface area contributed by atoms with Crippen LogP contribution >= 0.6 is 0 Å². The van der Waals surface area contributed by atoms with E-state index in [1.54, 1.807) is 0 Å². The fourth-order valence-electron chi connectivity index (χ4n) is 3.22. The molecule has 1 saturated heterocycles. The largest absolute Gasteiger partial charge is 0.352 e. The molecule has 1 heterocycles. The fourth-order valence-corrected chi connectivity index (χ4v) is 3.22. The van der Waals surface area contributed by atoms with Gasteiger partial charge in [-0.3, -0.25) is 9.69 Å². The molecule has 1 aliphatic carbocycles. The summed E-state index contributed by atoms with van der Waals surface area (Å²) in [5.74, 6) is 0.919. The molecule has 2 rings (SSSR count). The van der Waals surface area contributed by atoms with Crippen molar-refractivity contribution in [3.8, 4) is 0 Å². The summed E-state index contributed by atoms with van der Waals surface area (Å²) in [6, 6.07) is 1.13. The Morgan fingerprint density at radius 3 is 2.57 bits per heavy atom. The number of piperidine rings is 1. The maximum absolute atomic E-state index is 12.4. The highest BCUT2D eigenvalue weighted by molar-refractivity contribution is 5.81. The van der Waals surface area contributed by atoms with E-state index in [9.17, 15) is 4.79 Å². The lowest BCUT2D eigenvalue weighted by atomic mass is 9.96. The normalized spacial score (nSPS) is 25.0. The van der Waals surface area contributed by atoms with E-state index in [2.05, 4.69) is 36.3 Å². The lowest BCUT2D eigenvalue weighted by molar-refractivity contribution is -0.127. The van der Waals surface area contributed by atoms with Crippen molar-refractivity contribution in [1.82, 2.24) is 15.5 Å². The van der Waals surface area contributed by atoms with E-state index < -0.39 is 0 Å². The highest BCUT2D eigenvalue weighted by Gasteiger charge is 2.29. The molecular formula is C17H33N3O. The van der Waals surface area contributed by atoms with Crippen molar-refractivity contribution in [3.63, 3.8) is 0 Å². The maximum Gasteiger partial charge on any atom is 0.237 e. The molecule has 1 saturated carbocycles. The van der Waals surface area contributed by atoms with Crippen LogP contribution in [-0.4, -0.2) is 48.6 Å². The van der Waals surface area contributed by atoms with Crippen molar-refractivity contribution < 1.29 is 4.79 Å². The Hall–Kier alpha value is -0.610. The Morgan fingerprint density at radius 2 is 1.95 bits per heavy atom. The predicted octanol–water partition coefficient (Wildman–Crippen LogP) is 2.14. The minimum Gasteiger partial charge on any atom is -0.352 e. The summed E-state index contributed by atoms with van der Waals surface area (Å²) < 4.78 is 0. The number of hydrogen-bond donors (Lipinski definition) is 2. The zero-order chi connectivity index (χ0) is 15.2. The quantitative estimate of drug-likeness (QED) is 0.721. The molecule has 21 heavy (non-hydrogen) atoms. The number of carbonyl (C=O) groups is 1. The zero-order valence-corrected chi connectivity index (χ0v) is 14.0. The number of nitrogens with zero attached hydrogens (tertiary/aromatic N) is 1. The molecule has 4 heteroatoms. The SMILES string of the molecule is CCC(CC)NC(=O)C(C)N1CCCC(CNC2CC2)C1. The fraction of sp³-hybridized carbons (Fsp3) is 0.941. The van der Waals surface area contributed by atoms with Crippen molar-refractivity contribution in [2.45, 2.75) is 77.4 Å².